The highest BCUT2D eigenvalue weighted by Crippen LogP contribution is 2.34. The Balaban J connectivity index is 0.00000289. The van der Waals surface area contributed by atoms with E-state index in [1.807, 2.05) is 12.1 Å². The number of halogens is 4. The molecular weight excluding hydrogens is 485 g/mol. The maximum absolute atomic E-state index is 13.3. The molecule has 4 heterocycles. The van der Waals surface area contributed by atoms with Crippen LogP contribution in [0.2, 0.25) is 0 Å². The number of nitrogens with zero attached hydrogens (tertiary/aromatic N) is 5. The summed E-state index contributed by atoms with van der Waals surface area (Å²) in [5, 5.41) is 5.44. The first-order valence-corrected chi connectivity index (χ1v) is 11.0. The van der Waals surface area contributed by atoms with Gasteiger partial charge < -0.3 is 15.5 Å². The average molecular weight is 509 g/mol. The number of alkyl halides is 3. The SMILES string of the molecule is Cl.Nc1cc(C(=O)N2CC(c3nn(CC(=O)N4CCC[C@H]4C(F)(F)F)c4ccccc34)C2)ccn1. The second kappa shape index (κ2) is 9.37. The lowest BCUT2D eigenvalue weighted by molar-refractivity contribution is -0.183. The van der Waals surface area contributed by atoms with Crippen molar-refractivity contribution in [2.45, 2.75) is 37.5 Å². The molecule has 2 aliphatic heterocycles. The van der Waals surface area contributed by atoms with Crippen molar-refractivity contribution in [3.05, 3.63) is 53.9 Å². The van der Waals surface area contributed by atoms with Gasteiger partial charge in [0.15, 0.2) is 0 Å². The third-order valence-corrected chi connectivity index (χ3v) is 6.51. The number of fused-ring (bicyclic) bond motifs is 1. The average Bonchev–Trinajstić information content (AvgIpc) is 3.39. The normalized spacial score (nSPS) is 18.4. The highest BCUT2D eigenvalue weighted by atomic mass is 35.5. The lowest BCUT2D eigenvalue weighted by Gasteiger charge is -2.38. The Morgan fingerprint density at radius 2 is 1.89 bits per heavy atom. The number of carbonyl (C=O) groups is 2. The van der Waals surface area contributed by atoms with Gasteiger partial charge in [0.25, 0.3) is 5.91 Å². The number of benzene rings is 1. The van der Waals surface area contributed by atoms with Gasteiger partial charge in [0, 0.05) is 42.7 Å². The number of pyridine rings is 1. The molecule has 1 aromatic carbocycles. The zero-order chi connectivity index (χ0) is 24.0. The molecular formula is C23H24ClF3N6O2. The molecule has 3 aromatic rings. The molecule has 0 aliphatic carbocycles. The monoisotopic (exact) mass is 508 g/mol. The molecule has 2 N–H and O–H groups in total. The van der Waals surface area contributed by atoms with E-state index < -0.39 is 18.1 Å². The molecule has 12 heteroatoms. The van der Waals surface area contributed by atoms with Gasteiger partial charge in [-0.2, -0.15) is 18.3 Å². The van der Waals surface area contributed by atoms with E-state index in [1.165, 1.54) is 16.9 Å². The predicted molar refractivity (Wildman–Crippen MR) is 125 cm³/mol. The molecule has 0 bridgehead atoms. The molecule has 0 unspecified atom stereocenters. The van der Waals surface area contributed by atoms with Crippen molar-refractivity contribution in [3.8, 4) is 0 Å². The molecule has 0 radical (unpaired) electrons. The Hall–Kier alpha value is -3.34. The van der Waals surface area contributed by atoms with Crippen LogP contribution in [-0.2, 0) is 11.3 Å². The molecule has 5 rings (SSSR count). The Morgan fingerprint density at radius 1 is 1.14 bits per heavy atom. The van der Waals surface area contributed by atoms with Crippen molar-refractivity contribution in [2.75, 3.05) is 25.4 Å². The number of likely N-dealkylation sites (tertiary alicyclic amines) is 2. The van der Waals surface area contributed by atoms with Crippen molar-refractivity contribution < 1.29 is 22.8 Å². The number of rotatable bonds is 4. The molecule has 35 heavy (non-hydrogen) atoms. The second-order valence-electron chi connectivity index (χ2n) is 8.72. The fourth-order valence-electron chi connectivity index (χ4n) is 4.78. The van der Waals surface area contributed by atoms with Crippen LogP contribution < -0.4 is 5.73 Å². The third kappa shape index (κ3) is 4.64. The summed E-state index contributed by atoms with van der Waals surface area (Å²) < 4.78 is 41.4. The van der Waals surface area contributed by atoms with E-state index in [9.17, 15) is 22.8 Å². The van der Waals surface area contributed by atoms with Crippen LogP contribution in [0.25, 0.3) is 10.9 Å². The van der Waals surface area contributed by atoms with Gasteiger partial charge in [-0.15, -0.1) is 12.4 Å². The lowest BCUT2D eigenvalue weighted by Crippen LogP contribution is -2.48. The number of amides is 2. The fraction of sp³-hybridized carbons (Fsp3) is 0.391. The van der Waals surface area contributed by atoms with E-state index in [0.29, 0.717) is 30.6 Å². The van der Waals surface area contributed by atoms with Crippen molar-refractivity contribution in [1.82, 2.24) is 24.6 Å². The molecule has 2 fully saturated rings. The largest absolute Gasteiger partial charge is 0.408 e. The lowest BCUT2D eigenvalue weighted by atomic mass is 9.93. The predicted octanol–water partition coefficient (Wildman–Crippen LogP) is 3.23. The van der Waals surface area contributed by atoms with Crippen LogP contribution in [0, 0.1) is 0 Å². The van der Waals surface area contributed by atoms with Crippen LogP contribution in [0.3, 0.4) is 0 Å². The van der Waals surface area contributed by atoms with Crippen LogP contribution in [0.15, 0.2) is 42.6 Å². The summed E-state index contributed by atoms with van der Waals surface area (Å²) in [5.74, 6) is -0.529. The van der Waals surface area contributed by atoms with Crippen LogP contribution >= 0.6 is 12.4 Å². The summed E-state index contributed by atoms with van der Waals surface area (Å²) in [6.07, 6.45) is -2.70. The van der Waals surface area contributed by atoms with Crippen LogP contribution in [0.4, 0.5) is 19.0 Å². The van der Waals surface area contributed by atoms with E-state index in [4.69, 9.17) is 5.73 Å². The van der Waals surface area contributed by atoms with Gasteiger partial charge in [-0.3, -0.25) is 14.3 Å². The molecule has 2 aliphatic rings. The van der Waals surface area contributed by atoms with E-state index >= 15 is 0 Å². The molecule has 2 amide bonds. The third-order valence-electron chi connectivity index (χ3n) is 6.51. The van der Waals surface area contributed by atoms with Crippen molar-refractivity contribution in [3.63, 3.8) is 0 Å². The summed E-state index contributed by atoms with van der Waals surface area (Å²) in [6.45, 7) is 0.712. The zero-order valence-corrected chi connectivity index (χ0v) is 19.4. The summed E-state index contributed by atoms with van der Waals surface area (Å²) in [7, 11) is 0. The minimum absolute atomic E-state index is 0. The minimum atomic E-state index is -4.44. The Kier molecular flexibility index (Phi) is 6.63. The van der Waals surface area contributed by atoms with Gasteiger partial charge >= 0.3 is 6.18 Å². The first-order chi connectivity index (χ1) is 16.2. The van der Waals surface area contributed by atoms with E-state index in [1.54, 1.807) is 23.1 Å². The number of anilines is 1. The Morgan fingerprint density at radius 3 is 2.60 bits per heavy atom. The van der Waals surface area contributed by atoms with Crippen molar-refractivity contribution in [2.24, 2.45) is 0 Å². The highest BCUT2D eigenvalue weighted by molar-refractivity contribution is 5.95. The van der Waals surface area contributed by atoms with Gasteiger partial charge in [0.1, 0.15) is 18.4 Å². The number of carbonyl (C=O) groups excluding carboxylic acids is 2. The molecule has 8 nitrogen and oxygen atoms in total. The van der Waals surface area contributed by atoms with Gasteiger partial charge in [0.05, 0.1) is 11.2 Å². The minimum Gasteiger partial charge on any atom is -0.384 e. The first-order valence-electron chi connectivity index (χ1n) is 11.0. The fourth-order valence-corrected chi connectivity index (χ4v) is 4.78. The topological polar surface area (TPSA) is 97.3 Å². The Bertz CT molecular complexity index is 1260. The molecule has 186 valence electrons. The second-order valence-corrected chi connectivity index (χ2v) is 8.72. The number of hydrogen-bond acceptors (Lipinski definition) is 5. The zero-order valence-electron chi connectivity index (χ0n) is 18.6. The van der Waals surface area contributed by atoms with Crippen LogP contribution in [-0.4, -0.2) is 68.2 Å². The van der Waals surface area contributed by atoms with E-state index in [0.717, 1.165) is 16.0 Å². The van der Waals surface area contributed by atoms with Crippen LogP contribution in [0.1, 0.15) is 34.8 Å². The molecule has 2 aromatic heterocycles. The summed E-state index contributed by atoms with van der Waals surface area (Å²) in [5.41, 5.74) is 7.54. The molecule has 1 atom stereocenters. The maximum Gasteiger partial charge on any atom is 0.408 e. The summed E-state index contributed by atoms with van der Waals surface area (Å²) in [4.78, 5) is 32.0. The molecule has 0 saturated carbocycles. The number of nitrogen functional groups attached to an aromatic ring is 1. The quantitative estimate of drug-likeness (QED) is 0.583. The number of nitrogens with two attached hydrogens (primary N) is 1. The summed E-state index contributed by atoms with van der Waals surface area (Å²) >= 11 is 0. The molecule has 2 saturated heterocycles. The highest BCUT2D eigenvalue weighted by Gasteiger charge is 2.47. The Labute approximate surface area is 205 Å². The van der Waals surface area contributed by atoms with E-state index in [-0.39, 0.29) is 49.6 Å². The smallest absolute Gasteiger partial charge is 0.384 e. The standard InChI is InChI=1S/C23H23F3N6O2.ClH/c24-23(25,26)18-6-3-9-31(18)20(33)13-32-17-5-2-1-4-16(17)21(29-32)15-11-30(12-15)22(34)14-7-8-28-19(27)10-14;/h1-2,4-5,7-8,10,15,18H,3,6,9,11-13H2,(H2,27,28);1H/t18-;/m0./s1. The van der Waals surface area contributed by atoms with Crippen LogP contribution in [0.5, 0.6) is 0 Å². The van der Waals surface area contributed by atoms with Gasteiger partial charge in [-0.1, -0.05) is 18.2 Å². The van der Waals surface area contributed by atoms with Crippen molar-refractivity contribution in [1.29, 1.82) is 0 Å². The van der Waals surface area contributed by atoms with Gasteiger partial charge in [0.2, 0.25) is 5.91 Å². The number of para-hydroxylation sites is 1. The summed E-state index contributed by atoms with van der Waals surface area (Å²) in [6, 6.07) is 8.71. The van der Waals surface area contributed by atoms with E-state index in [2.05, 4.69) is 10.1 Å². The van der Waals surface area contributed by atoms with Crippen molar-refractivity contribution >= 4 is 40.9 Å². The maximum atomic E-state index is 13.3. The van der Waals surface area contributed by atoms with Gasteiger partial charge in [-0.25, -0.2) is 4.98 Å². The number of hydrogen-bond donors (Lipinski definition) is 1. The van der Waals surface area contributed by atoms with Gasteiger partial charge in [-0.05, 0) is 31.0 Å². The number of aromatic nitrogens is 3. The first kappa shape index (κ1) is 24.8. The molecule has 0 spiro atoms.